The number of carbonyl (C=O) groups excluding carboxylic acids is 1. The molecule has 1 amide bonds. The summed E-state index contributed by atoms with van der Waals surface area (Å²) in [5.41, 5.74) is 0. The molecule has 7 nitrogen and oxygen atoms in total. The lowest BCUT2D eigenvalue weighted by atomic mass is 9.98. The number of thiophene rings is 1. The third-order valence-electron chi connectivity index (χ3n) is 5.77. The Morgan fingerprint density at radius 3 is 2.72 bits per heavy atom. The van der Waals surface area contributed by atoms with Gasteiger partial charge in [-0.15, -0.1) is 11.3 Å². The SMILES string of the molecule is O=C(NC[C@@H](c1ccco1)N1CCCC1)[C@@H]1CCCN(S(=O)(=O)c2cccs2)C1. The van der Waals surface area contributed by atoms with Gasteiger partial charge in [0.15, 0.2) is 0 Å². The largest absolute Gasteiger partial charge is 0.468 e. The molecule has 0 saturated carbocycles. The number of carbonyl (C=O) groups is 1. The minimum atomic E-state index is -3.52. The third-order valence-corrected chi connectivity index (χ3v) is 9.00. The van der Waals surface area contributed by atoms with Crippen LogP contribution in [0.2, 0.25) is 0 Å². The summed E-state index contributed by atoms with van der Waals surface area (Å²) in [5.74, 6) is 0.457. The highest BCUT2D eigenvalue weighted by molar-refractivity contribution is 7.91. The summed E-state index contributed by atoms with van der Waals surface area (Å²) >= 11 is 1.21. The number of rotatable bonds is 7. The maximum Gasteiger partial charge on any atom is 0.252 e. The van der Waals surface area contributed by atoms with E-state index >= 15 is 0 Å². The van der Waals surface area contributed by atoms with Gasteiger partial charge in [0.1, 0.15) is 9.97 Å². The first-order chi connectivity index (χ1) is 14.1. The van der Waals surface area contributed by atoms with Crippen LogP contribution in [0, 0.1) is 5.92 Å². The zero-order valence-corrected chi connectivity index (χ0v) is 18.0. The molecule has 158 valence electrons. The summed E-state index contributed by atoms with van der Waals surface area (Å²) in [5, 5.41) is 4.82. The third kappa shape index (κ3) is 4.58. The second kappa shape index (κ2) is 8.99. The van der Waals surface area contributed by atoms with Crippen molar-refractivity contribution in [1.82, 2.24) is 14.5 Å². The number of hydrogen-bond acceptors (Lipinski definition) is 6. The summed E-state index contributed by atoms with van der Waals surface area (Å²) in [6.45, 7) is 3.17. The minimum Gasteiger partial charge on any atom is -0.468 e. The van der Waals surface area contributed by atoms with Crippen molar-refractivity contribution in [3.8, 4) is 0 Å². The van der Waals surface area contributed by atoms with Crippen molar-refractivity contribution < 1.29 is 17.6 Å². The molecule has 2 aromatic rings. The molecule has 2 atom stereocenters. The second-order valence-corrected chi connectivity index (χ2v) is 10.8. The Morgan fingerprint density at radius 1 is 1.21 bits per heavy atom. The van der Waals surface area contributed by atoms with Gasteiger partial charge in [-0.1, -0.05) is 6.07 Å². The molecule has 0 radical (unpaired) electrons. The van der Waals surface area contributed by atoms with Crippen LogP contribution in [0.1, 0.15) is 37.5 Å². The first-order valence-corrected chi connectivity index (χ1v) is 12.5. The van der Waals surface area contributed by atoms with Crippen molar-refractivity contribution in [2.45, 2.75) is 35.9 Å². The van der Waals surface area contributed by atoms with E-state index in [2.05, 4.69) is 10.2 Å². The van der Waals surface area contributed by atoms with Gasteiger partial charge in [0, 0.05) is 19.6 Å². The Hall–Kier alpha value is -1.68. The van der Waals surface area contributed by atoms with Gasteiger partial charge >= 0.3 is 0 Å². The quantitative estimate of drug-likeness (QED) is 0.720. The van der Waals surface area contributed by atoms with Crippen LogP contribution in [-0.4, -0.2) is 56.3 Å². The fourth-order valence-corrected chi connectivity index (χ4v) is 6.87. The molecule has 0 aliphatic carbocycles. The van der Waals surface area contributed by atoms with Crippen LogP contribution in [0.25, 0.3) is 0 Å². The number of likely N-dealkylation sites (tertiary alicyclic amines) is 1. The molecule has 0 spiro atoms. The van der Waals surface area contributed by atoms with E-state index in [1.165, 1.54) is 15.6 Å². The number of sulfonamides is 1. The molecule has 2 saturated heterocycles. The van der Waals surface area contributed by atoms with Crippen LogP contribution in [-0.2, 0) is 14.8 Å². The predicted molar refractivity (Wildman–Crippen MR) is 111 cm³/mol. The molecule has 2 aliphatic heterocycles. The molecular weight excluding hydrogens is 410 g/mol. The van der Waals surface area contributed by atoms with Gasteiger partial charge in [-0.05, 0) is 62.4 Å². The fraction of sp³-hybridized carbons (Fsp3) is 0.550. The normalized spacial score (nSPS) is 22.6. The summed E-state index contributed by atoms with van der Waals surface area (Å²) in [6, 6.07) is 7.19. The number of piperidine rings is 1. The summed E-state index contributed by atoms with van der Waals surface area (Å²) < 4.78 is 33.0. The fourth-order valence-electron chi connectivity index (χ4n) is 4.20. The molecule has 2 fully saturated rings. The molecule has 1 N–H and O–H groups in total. The molecule has 2 aromatic heterocycles. The van der Waals surface area contributed by atoms with Crippen LogP contribution in [0.5, 0.6) is 0 Å². The zero-order valence-electron chi connectivity index (χ0n) is 16.3. The van der Waals surface area contributed by atoms with Crippen molar-refractivity contribution >= 4 is 27.3 Å². The average Bonchev–Trinajstić information content (AvgIpc) is 3.51. The summed E-state index contributed by atoms with van der Waals surface area (Å²) in [6.07, 6.45) is 5.37. The lowest BCUT2D eigenvalue weighted by molar-refractivity contribution is -0.126. The van der Waals surface area contributed by atoms with E-state index in [1.807, 2.05) is 12.1 Å². The molecule has 2 aliphatic rings. The lowest BCUT2D eigenvalue weighted by Crippen LogP contribution is -2.46. The molecule has 4 rings (SSSR count). The smallest absolute Gasteiger partial charge is 0.252 e. The van der Waals surface area contributed by atoms with Gasteiger partial charge in [0.2, 0.25) is 5.91 Å². The first-order valence-electron chi connectivity index (χ1n) is 10.1. The Morgan fingerprint density at radius 2 is 2.03 bits per heavy atom. The van der Waals surface area contributed by atoms with Crippen LogP contribution in [0.15, 0.2) is 44.5 Å². The Kier molecular flexibility index (Phi) is 6.38. The van der Waals surface area contributed by atoms with Crippen LogP contribution in [0.4, 0.5) is 0 Å². The number of nitrogens with zero attached hydrogens (tertiary/aromatic N) is 2. The van der Waals surface area contributed by atoms with Gasteiger partial charge < -0.3 is 9.73 Å². The number of nitrogens with one attached hydrogen (secondary N) is 1. The Labute approximate surface area is 175 Å². The Bertz CT molecular complexity index is 890. The molecular formula is C20H27N3O4S2. The highest BCUT2D eigenvalue weighted by atomic mass is 32.2. The molecule has 29 heavy (non-hydrogen) atoms. The highest BCUT2D eigenvalue weighted by Crippen LogP contribution is 2.28. The van der Waals surface area contributed by atoms with E-state index in [0.29, 0.717) is 30.1 Å². The maximum atomic E-state index is 12.9. The van der Waals surface area contributed by atoms with Gasteiger partial charge in [-0.3, -0.25) is 9.69 Å². The summed E-state index contributed by atoms with van der Waals surface area (Å²) in [4.78, 5) is 15.2. The standard InChI is InChI=1S/C20H27N3O4S2/c24-20(21-14-17(18-7-4-12-27-18)22-9-1-2-10-22)16-6-3-11-23(15-16)29(25,26)19-8-5-13-28-19/h4-5,7-8,12-13,16-17H,1-3,6,9-11,14-15H2,(H,21,24)/t16-,17+/m1/s1. The predicted octanol–water partition coefficient (Wildman–Crippen LogP) is 2.70. The van der Waals surface area contributed by atoms with Gasteiger partial charge in [0.05, 0.1) is 18.2 Å². The molecule has 0 unspecified atom stereocenters. The minimum absolute atomic E-state index is 0.0194. The van der Waals surface area contributed by atoms with Gasteiger partial charge in [-0.2, -0.15) is 4.31 Å². The molecule has 0 aromatic carbocycles. The van der Waals surface area contributed by atoms with E-state index in [1.54, 1.807) is 23.8 Å². The van der Waals surface area contributed by atoms with Crippen molar-refractivity contribution in [3.05, 3.63) is 41.7 Å². The number of furan rings is 1. The van der Waals surface area contributed by atoms with Crippen LogP contribution < -0.4 is 5.32 Å². The van der Waals surface area contributed by atoms with E-state index in [9.17, 15) is 13.2 Å². The van der Waals surface area contributed by atoms with Crippen molar-refractivity contribution in [1.29, 1.82) is 0 Å². The van der Waals surface area contributed by atoms with Crippen molar-refractivity contribution in [2.24, 2.45) is 5.92 Å². The first kappa shape index (κ1) is 20.6. The number of amides is 1. The topological polar surface area (TPSA) is 82.9 Å². The van der Waals surface area contributed by atoms with Gasteiger partial charge in [-0.25, -0.2) is 8.42 Å². The highest BCUT2D eigenvalue weighted by Gasteiger charge is 2.34. The lowest BCUT2D eigenvalue weighted by Gasteiger charge is -2.32. The zero-order chi connectivity index (χ0) is 20.3. The van der Waals surface area contributed by atoms with E-state index in [-0.39, 0.29) is 24.4 Å². The van der Waals surface area contributed by atoms with E-state index in [0.717, 1.165) is 31.7 Å². The van der Waals surface area contributed by atoms with Crippen molar-refractivity contribution in [3.63, 3.8) is 0 Å². The Balaban J connectivity index is 1.39. The maximum absolute atomic E-state index is 12.9. The van der Waals surface area contributed by atoms with Crippen LogP contribution in [0.3, 0.4) is 0 Å². The molecule has 4 heterocycles. The molecule has 0 bridgehead atoms. The summed E-state index contributed by atoms with van der Waals surface area (Å²) in [7, 11) is -3.52. The molecule has 9 heteroatoms. The second-order valence-electron chi connectivity index (χ2n) is 7.65. The van der Waals surface area contributed by atoms with E-state index in [4.69, 9.17) is 4.42 Å². The van der Waals surface area contributed by atoms with E-state index < -0.39 is 10.0 Å². The van der Waals surface area contributed by atoms with Crippen LogP contribution >= 0.6 is 11.3 Å². The number of hydrogen-bond donors (Lipinski definition) is 1. The average molecular weight is 438 g/mol. The van der Waals surface area contributed by atoms with Gasteiger partial charge in [0.25, 0.3) is 10.0 Å². The monoisotopic (exact) mass is 437 g/mol. The van der Waals surface area contributed by atoms with Crippen molar-refractivity contribution in [2.75, 3.05) is 32.7 Å².